The highest BCUT2D eigenvalue weighted by atomic mass is 16.5. The van der Waals surface area contributed by atoms with Crippen molar-refractivity contribution in [2.75, 3.05) is 26.4 Å². The molecule has 1 aromatic carbocycles. The van der Waals surface area contributed by atoms with Gasteiger partial charge in [0.25, 0.3) is 5.91 Å². The summed E-state index contributed by atoms with van der Waals surface area (Å²) in [6, 6.07) is 5.70. The fourth-order valence-electron chi connectivity index (χ4n) is 2.00. The van der Waals surface area contributed by atoms with Crippen molar-refractivity contribution in [3.8, 4) is 5.75 Å². The minimum atomic E-state index is -0.934. The van der Waals surface area contributed by atoms with Gasteiger partial charge in [0.2, 0.25) is 0 Å². The van der Waals surface area contributed by atoms with Gasteiger partial charge in [-0.15, -0.1) is 0 Å². The molecule has 2 rings (SSSR count). The Labute approximate surface area is 118 Å². The van der Waals surface area contributed by atoms with Crippen LogP contribution in [0.4, 0.5) is 0 Å². The van der Waals surface area contributed by atoms with Gasteiger partial charge in [0.05, 0.1) is 6.61 Å². The van der Waals surface area contributed by atoms with Gasteiger partial charge in [0, 0.05) is 19.6 Å². The normalized spacial score (nSPS) is 21.8. The van der Waals surface area contributed by atoms with E-state index >= 15 is 0 Å². The number of hydrogen-bond donors (Lipinski definition) is 2. The molecule has 1 amide bonds. The molecule has 0 saturated carbocycles. The van der Waals surface area contributed by atoms with Crippen molar-refractivity contribution in [3.05, 3.63) is 29.3 Å². The highest BCUT2D eigenvalue weighted by Gasteiger charge is 2.32. The van der Waals surface area contributed by atoms with E-state index in [0.29, 0.717) is 18.8 Å². The van der Waals surface area contributed by atoms with Crippen LogP contribution in [0.15, 0.2) is 18.2 Å². The van der Waals surface area contributed by atoms with Crippen LogP contribution in [-0.4, -0.2) is 43.0 Å². The van der Waals surface area contributed by atoms with E-state index in [1.165, 1.54) is 5.56 Å². The van der Waals surface area contributed by atoms with E-state index < -0.39 is 5.60 Å². The molecule has 5 heteroatoms. The Morgan fingerprint density at radius 1 is 1.45 bits per heavy atom. The lowest BCUT2D eigenvalue weighted by Crippen LogP contribution is -2.44. The predicted octanol–water partition coefficient (Wildman–Crippen LogP) is 0.950. The molecule has 5 nitrogen and oxygen atoms in total. The topological polar surface area (TPSA) is 67.8 Å². The van der Waals surface area contributed by atoms with Crippen LogP contribution in [0, 0.1) is 13.8 Å². The van der Waals surface area contributed by atoms with Crippen LogP contribution in [0.25, 0.3) is 0 Å². The third-order valence-corrected chi connectivity index (χ3v) is 3.55. The lowest BCUT2D eigenvalue weighted by Gasteiger charge is -2.20. The van der Waals surface area contributed by atoms with Gasteiger partial charge in [-0.3, -0.25) is 4.79 Å². The van der Waals surface area contributed by atoms with E-state index in [1.807, 2.05) is 32.0 Å². The third kappa shape index (κ3) is 3.95. The quantitative estimate of drug-likeness (QED) is 0.842. The van der Waals surface area contributed by atoms with Crippen LogP contribution in [-0.2, 0) is 9.53 Å². The zero-order chi connectivity index (χ0) is 14.6. The highest BCUT2D eigenvalue weighted by Crippen LogP contribution is 2.17. The summed E-state index contributed by atoms with van der Waals surface area (Å²) < 4.78 is 10.5. The van der Waals surface area contributed by atoms with Crippen LogP contribution in [0.5, 0.6) is 5.75 Å². The second-order valence-electron chi connectivity index (χ2n) is 5.34. The van der Waals surface area contributed by atoms with Crippen molar-refractivity contribution in [2.24, 2.45) is 0 Å². The average molecular weight is 279 g/mol. The van der Waals surface area contributed by atoms with E-state index in [4.69, 9.17) is 9.47 Å². The SMILES string of the molecule is Cc1ccc(OCC(=O)NCC2(O)CCOC2)cc1C. The van der Waals surface area contributed by atoms with Crippen molar-refractivity contribution >= 4 is 5.91 Å². The molecular formula is C15H21NO4. The van der Waals surface area contributed by atoms with Crippen LogP contribution < -0.4 is 10.1 Å². The van der Waals surface area contributed by atoms with Gasteiger partial charge >= 0.3 is 0 Å². The molecule has 1 aliphatic rings. The fraction of sp³-hybridized carbons (Fsp3) is 0.533. The summed E-state index contributed by atoms with van der Waals surface area (Å²) in [6.45, 7) is 4.96. The van der Waals surface area contributed by atoms with Crippen LogP contribution in [0.2, 0.25) is 0 Å². The van der Waals surface area contributed by atoms with Crippen molar-refractivity contribution in [2.45, 2.75) is 25.9 Å². The molecule has 0 spiro atoms. The smallest absolute Gasteiger partial charge is 0.258 e. The lowest BCUT2D eigenvalue weighted by atomic mass is 10.0. The molecule has 1 aliphatic heterocycles. The Bertz CT molecular complexity index is 481. The number of aliphatic hydroxyl groups is 1. The van der Waals surface area contributed by atoms with E-state index in [0.717, 1.165) is 5.56 Å². The molecule has 1 aromatic rings. The average Bonchev–Trinajstić information content (AvgIpc) is 2.85. The Morgan fingerprint density at radius 3 is 2.90 bits per heavy atom. The van der Waals surface area contributed by atoms with Gasteiger partial charge in [-0.25, -0.2) is 0 Å². The second kappa shape index (κ2) is 6.24. The molecule has 0 radical (unpaired) electrons. The molecule has 110 valence electrons. The van der Waals surface area contributed by atoms with Gasteiger partial charge in [0.1, 0.15) is 11.4 Å². The summed E-state index contributed by atoms with van der Waals surface area (Å²) in [5.41, 5.74) is 1.38. The minimum Gasteiger partial charge on any atom is -0.484 e. The van der Waals surface area contributed by atoms with Gasteiger partial charge in [-0.05, 0) is 37.1 Å². The minimum absolute atomic E-state index is 0.0561. The molecule has 0 aromatic heterocycles. The Morgan fingerprint density at radius 2 is 2.25 bits per heavy atom. The van der Waals surface area contributed by atoms with E-state index in [-0.39, 0.29) is 25.7 Å². The molecule has 1 saturated heterocycles. The van der Waals surface area contributed by atoms with Gasteiger partial charge < -0.3 is 19.9 Å². The van der Waals surface area contributed by atoms with Crippen LogP contribution >= 0.6 is 0 Å². The first-order valence-corrected chi connectivity index (χ1v) is 6.75. The van der Waals surface area contributed by atoms with E-state index in [2.05, 4.69) is 5.32 Å². The number of ether oxygens (including phenoxy) is 2. The summed E-state index contributed by atoms with van der Waals surface area (Å²) in [6.07, 6.45) is 0.547. The molecule has 0 bridgehead atoms. The third-order valence-electron chi connectivity index (χ3n) is 3.55. The Balaban J connectivity index is 1.76. The summed E-state index contributed by atoms with van der Waals surface area (Å²) in [5, 5.41) is 12.7. The van der Waals surface area contributed by atoms with Crippen LogP contribution in [0.3, 0.4) is 0 Å². The van der Waals surface area contributed by atoms with Crippen molar-refractivity contribution < 1.29 is 19.4 Å². The fourth-order valence-corrected chi connectivity index (χ4v) is 2.00. The summed E-state index contributed by atoms with van der Waals surface area (Å²) in [4.78, 5) is 11.7. The maximum atomic E-state index is 11.7. The molecule has 20 heavy (non-hydrogen) atoms. The maximum absolute atomic E-state index is 11.7. The Kier molecular flexibility index (Phi) is 4.62. The number of carbonyl (C=O) groups excluding carboxylic acids is 1. The van der Waals surface area contributed by atoms with Crippen LogP contribution in [0.1, 0.15) is 17.5 Å². The molecule has 1 atom stereocenters. The number of aryl methyl sites for hydroxylation is 2. The summed E-state index contributed by atoms with van der Waals surface area (Å²) >= 11 is 0. The molecular weight excluding hydrogens is 258 g/mol. The summed E-state index contributed by atoms with van der Waals surface area (Å²) in [7, 11) is 0. The monoisotopic (exact) mass is 279 g/mol. The largest absolute Gasteiger partial charge is 0.484 e. The summed E-state index contributed by atoms with van der Waals surface area (Å²) in [5.74, 6) is 0.426. The van der Waals surface area contributed by atoms with E-state index in [9.17, 15) is 9.90 Å². The van der Waals surface area contributed by atoms with Crippen molar-refractivity contribution in [1.29, 1.82) is 0 Å². The molecule has 1 unspecified atom stereocenters. The molecule has 1 fully saturated rings. The zero-order valence-corrected chi connectivity index (χ0v) is 11.9. The molecule has 1 heterocycles. The zero-order valence-electron chi connectivity index (χ0n) is 11.9. The number of carbonyl (C=O) groups is 1. The van der Waals surface area contributed by atoms with Crippen molar-refractivity contribution in [3.63, 3.8) is 0 Å². The number of rotatable bonds is 5. The standard InChI is InChI=1S/C15H21NO4/c1-11-3-4-13(7-12(11)2)20-8-14(17)16-9-15(18)5-6-19-10-15/h3-4,7,18H,5-6,8-10H2,1-2H3,(H,16,17). The number of benzene rings is 1. The Hall–Kier alpha value is -1.59. The van der Waals surface area contributed by atoms with E-state index in [1.54, 1.807) is 0 Å². The molecule has 2 N–H and O–H groups in total. The van der Waals surface area contributed by atoms with Gasteiger partial charge in [-0.2, -0.15) is 0 Å². The van der Waals surface area contributed by atoms with Gasteiger partial charge in [-0.1, -0.05) is 6.07 Å². The first-order chi connectivity index (χ1) is 9.48. The predicted molar refractivity (Wildman–Crippen MR) is 74.8 cm³/mol. The number of amides is 1. The second-order valence-corrected chi connectivity index (χ2v) is 5.34. The van der Waals surface area contributed by atoms with Gasteiger partial charge in [0.15, 0.2) is 6.61 Å². The first-order valence-electron chi connectivity index (χ1n) is 6.75. The van der Waals surface area contributed by atoms with Crippen molar-refractivity contribution in [1.82, 2.24) is 5.32 Å². The highest BCUT2D eigenvalue weighted by molar-refractivity contribution is 5.77. The number of hydrogen-bond acceptors (Lipinski definition) is 4. The molecule has 0 aliphatic carbocycles. The lowest BCUT2D eigenvalue weighted by molar-refractivity contribution is -0.124. The number of nitrogens with one attached hydrogen (secondary N) is 1. The first kappa shape index (κ1) is 14.8. The maximum Gasteiger partial charge on any atom is 0.258 e.